The van der Waals surface area contributed by atoms with Gasteiger partial charge < -0.3 is 16.0 Å². The summed E-state index contributed by atoms with van der Waals surface area (Å²) >= 11 is 3.33. The fraction of sp³-hybridized carbons (Fsp3) is 0.312. The normalized spacial score (nSPS) is 18.3. The summed E-state index contributed by atoms with van der Waals surface area (Å²) in [6, 6.07) is 6.47. The Morgan fingerprint density at radius 2 is 1.93 bits per heavy atom. The van der Waals surface area contributed by atoms with Gasteiger partial charge in [-0.3, -0.25) is 0 Å². The Morgan fingerprint density at radius 1 is 1.19 bits per heavy atom. The highest BCUT2D eigenvalue weighted by atomic mass is 79.9. The van der Waals surface area contributed by atoms with Crippen LogP contribution >= 0.6 is 15.9 Å². The fourth-order valence-corrected chi connectivity index (χ4v) is 5.34. The fourth-order valence-electron chi connectivity index (χ4n) is 3.39. The maximum absolute atomic E-state index is 13.1. The molecule has 11 heteroatoms. The quantitative estimate of drug-likeness (QED) is 0.614. The van der Waals surface area contributed by atoms with Crippen LogP contribution in [0.1, 0.15) is 12.8 Å². The monoisotopic (exact) mass is 451 g/mol. The Bertz CT molecular complexity index is 1100. The first-order chi connectivity index (χ1) is 12.9. The molecule has 142 valence electrons. The van der Waals surface area contributed by atoms with E-state index in [0.717, 1.165) is 17.3 Å². The van der Waals surface area contributed by atoms with Crippen LogP contribution in [0.4, 0.5) is 11.8 Å². The predicted octanol–water partition coefficient (Wildman–Crippen LogP) is 1.61. The zero-order valence-electron chi connectivity index (χ0n) is 14.3. The third-order valence-corrected chi connectivity index (χ3v) is 7.15. The highest BCUT2D eigenvalue weighted by Crippen LogP contribution is 2.29. The summed E-state index contributed by atoms with van der Waals surface area (Å²) in [5.74, 6) is 0.273. The second-order valence-corrected chi connectivity index (χ2v) is 9.21. The number of hydrogen-bond acceptors (Lipinski definition) is 7. The van der Waals surface area contributed by atoms with Crippen LogP contribution in [0.25, 0.3) is 11.2 Å². The molecule has 0 bridgehead atoms. The summed E-state index contributed by atoms with van der Waals surface area (Å²) in [5.41, 5.74) is 12.5. The smallest absolute Gasteiger partial charge is 0.243 e. The molecule has 27 heavy (non-hydrogen) atoms. The number of benzene rings is 1. The van der Waals surface area contributed by atoms with Gasteiger partial charge in [0.05, 0.1) is 11.2 Å². The average Bonchev–Trinajstić information content (AvgIpc) is 3.24. The molecular formula is C16H18BrN7O2S. The summed E-state index contributed by atoms with van der Waals surface area (Å²) in [6.45, 7) is 0.900. The molecule has 0 aliphatic carbocycles. The van der Waals surface area contributed by atoms with Crippen molar-refractivity contribution in [2.24, 2.45) is 0 Å². The lowest BCUT2D eigenvalue weighted by atomic mass is 10.2. The lowest BCUT2D eigenvalue weighted by molar-refractivity contribution is 0.354. The van der Waals surface area contributed by atoms with E-state index in [1.54, 1.807) is 39.5 Å². The maximum atomic E-state index is 13.1. The summed E-state index contributed by atoms with van der Waals surface area (Å²) in [5, 5.41) is 0. The van der Waals surface area contributed by atoms with Crippen LogP contribution in [-0.2, 0) is 16.6 Å². The van der Waals surface area contributed by atoms with Gasteiger partial charge in [0.2, 0.25) is 16.0 Å². The third kappa shape index (κ3) is 3.26. The molecule has 1 unspecified atom stereocenters. The standard InChI is InChI=1S/C16H18BrN7O2S/c17-10-3-5-12(6-4-10)27(25,26)24-7-1-2-11(24)8-23-9-20-13-14(18)21-16(19)22-15(13)23/h3-6,9,11H,1-2,7-8H2,(H4,18,19,21,22). The van der Waals surface area contributed by atoms with E-state index in [2.05, 4.69) is 30.9 Å². The second-order valence-electron chi connectivity index (χ2n) is 6.40. The minimum Gasteiger partial charge on any atom is -0.382 e. The van der Waals surface area contributed by atoms with E-state index in [1.165, 1.54) is 0 Å². The number of nitrogens with zero attached hydrogens (tertiary/aromatic N) is 5. The zero-order chi connectivity index (χ0) is 19.2. The van der Waals surface area contributed by atoms with Gasteiger partial charge in [-0.15, -0.1) is 0 Å². The highest BCUT2D eigenvalue weighted by molar-refractivity contribution is 9.10. The lowest BCUT2D eigenvalue weighted by Crippen LogP contribution is -2.38. The first-order valence-electron chi connectivity index (χ1n) is 8.37. The molecule has 0 saturated carbocycles. The number of sulfonamides is 1. The van der Waals surface area contributed by atoms with E-state index in [-0.39, 0.29) is 22.7 Å². The van der Waals surface area contributed by atoms with Gasteiger partial charge in [-0.25, -0.2) is 13.4 Å². The number of fused-ring (bicyclic) bond motifs is 1. The van der Waals surface area contributed by atoms with Gasteiger partial charge >= 0.3 is 0 Å². The number of nitrogen functional groups attached to an aromatic ring is 2. The number of hydrogen-bond donors (Lipinski definition) is 2. The lowest BCUT2D eigenvalue weighted by Gasteiger charge is -2.24. The second kappa shape index (κ2) is 6.73. The van der Waals surface area contributed by atoms with Crippen LogP contribution in [0.5, 0.6) is 0 Å². The van der Waals surface area contributed by atoms with E-state index in [0.29, 0.717) is 24.3 Å². The SMILES string of the molecule is Nc1nc(N)c2ncn(CC3CCCN3S(=O)(=O)c3ccc(Br)cc3)c2n1. The molecule has 9 nitrogen and oxygen atoms in total. The Hall–Kier alpha value is -2.24. The molecule has 0 amide bonds. The molecule has 1 aliphatic rings. The number of imidazole rings is 1. The minimum atomic E-state index is -3.58. The van der Waals surface area contributed by atoms with Crippen molar-refractivity contribution in [2.45, 2.75) is 30.3 Å². The van der Waals surface area contributed by atoms with E-state index in [1.807, 2.05) is 0 Å². The predicted molar refractivity (Wildman–Crippen MR) is 105 cm³/mol. The average molecular weight is 452 g/mol. The topological polar surface area (TPSA) is 133 Å². The Labute approximate surface area is 164 Å². The third-order valence-electron chi connectivity index (χ3n) is 4.66. The van der Waals surface area contributed by atoms with Crippen molar-refractivity contribution in [3.05, 3.63) is 35.1 Å². The van der Waals surface area contributed by atoms with Crippen LogP contribution in [0.3, 0.4) is 0 Å². The van der Waals surface area contributed by atoms with Gasteiger partial charge in [0.15, 0.2) is 11.5 Å². The minimum absolute atomic E-state index is 0.0625. The number of halogens is 1. The highest BCUT2D eigenvalue weighted by Gasteiger charge is 2.35. The van der Waals surface area contributed by atoms with Crippen LogP contribution in [0, 0.1) is 0 Å². The molecular weight excluding hydrogens is 434 g/mol. The molecule has 2 aromatic heterocycles. The Morgan fingerprint density at radius 3 is 2.67 bits per heavy atom. The number of rotatable bonds is 4. The molecule has 1 atom stereocenters. The molecule has 3 aromatic rings. The number of aromatic nitrogens is 4. The van der Waals surface area contributed by atoms with Gasteiger partial charge in [0.25, 0.3) is 0 Å². The first kappa shape index (κ1) is 18.1. The molecule has 1 aliphatic heterocycles. The Balaban J connectivity index is 1.65. The molecule has 4 rings (SSSR count). The van der Waals surface area contributed by atoms with E-state index in [9.17, 15) is 8.42 Å². The largest absolute Gasteiger partial charge is 0.382 e. The van der Waals surface area contributed by atoms with Gasteiger partial charge in [0, 0.05) is 23.6 Å². The summed E-state index contributed by atoms with van der Waals surface area (Å²) in [4.78, 5) is 12.6. The number of nitrogens with two attached hydrogens (primary N) is 2. The first-order valence-corrected chi connectivity index (χ1v) is 10.6. The molecule has 1 aromatic carbocycles. The van der Waals surface area contributed by atoms with Crippen molar-refractivity contribution in [3.63, 3.8) is 0 Å². The van der Waals surface area contributed by atoms with Gasteiger partial charge in [0.1, 0.15) is 5.52 Å². The summed E-state index contributed by atoms with van der Waals surface area (Å²) < 4.78 is 30.3. The van der Waals surface area contributed by atoms with Crippen LogP contribution in [0.15, 0.2) is 40.0 Å². The van der Waals surface area contributed by atoms with Gasteiger partial charge in [-0.2, -0.15) is 14.3 Å². The summed E-state index contributed by atoms with van der Waals surface area (Å²) in [6.07, 6.45) is 3.15. The van der Waals surface area contributed by atoms with Crippen LogP contribution in [0.2, 0.25) is 0 Å². The van der Waals surface area contributed by atoms with E-state index < -0.39 is 10.0 Å². The van der Waals surface area contributed by atoms with Crippen LogP contribution < -0.4 is 11.5 Å². The molecule has 0 radical (unpaired) electrons. The van der Waals surface area contributed by atoms with Crippen LogP contribution in [-0.4, -0.2) is 44.8 Å². The van der Waals surface area contributed by atoms with Crippen molar-refractivity contribution in [1.29, 1.82) is 0 Å². The zero-order valence-corrected chi connectivity index (χ0v) is 16.7. The van der Waals surface area contributed by atoms with Crippen molar-refractivity contribution >= 4 is 48.9 Å². The van der Waals surface area contributed by atoms with Crippen molar-refractivity contribution < 1.29 is 8.42 Å². The van der Waals surface area contributed by atoms with E-state index >= 15 is 0 Å². The molecule has 0 spiro atoms. The Kier molecular flexibility index (Phi) is 4.52. The molecule has 4 N–H and O–H groups in total. The summed E-state index contributed by atoms with van der Waals surface area (Å²) in [7, 11) is -3.58. The van der Waals surface area contributed by atoms with Gasteiger partial charge in [-0.05, 0) is 37.1 Å². The maximum Gasteiger partial charge on any atom is 0.243 e. The number of anilines is 2. The molecule has 1 fully saturated rings. The van der Waals surface area contributed by atoms with Crippen molar-refractivity contribution in [2.75, 3.05) is 18.0 Å². The van der Waals surface area contributed by atoms with E-state index in [4.69, 9.17) is 11.5 Å². The van der Waals surface area contributed by atoms with Crippen molar-refractivity contribution in [1.82, 2.24) is 23.8 Å². The van der Waals surface area contributed by atoms with Gasteiger partial charge in [-0.1, -0.05) is 15.9 Å². The van der Waals surface area contributed by atoms with Crippen molar-refractivity contribution in [3.8, 4) is 0 Å². The molecule has 3 heterocycles. The molecule has 1 saturated heterocycles.